The molecule has 3 rings (SSSR count). The van der Waals surface area contributed by atoms with Crippen LogP contribution in [0.1, 0.15) is 11.4 Å². The molecule has 23 heavy (non-hydrogen) atoms. The van der Waals surface area contributed by atoms with Gasteiger partial charge in [0.2, 0.25) is 0 Å². The number of hydrogen-bond acceptors (Lipinski definition) is 7. The Morgan fingerprint density at radius 2 is 2.39 bits per heavy atom. The number of aliphatic imine (C=N–C) groups is 2. The van der Waals surface area contributed by atoms with Crippen molar-refractivity contribution in [3.8, 4) is 0 Å². The molecule has 1 atom stereocenters. The minimum absolute atomic E-state index is 0.318. The number of fused-ring (bicyclic) bond motifs is 1. The maximum atomic E-state index is 12.1. The first-order valence-corrected chi connectivity index (χ1v) is 7.83. The molecule has 122 valence electrons. The van der Waals surface area contributed by atoms with E-state index >= 15 is 0 Å². The Balaban J connectivity index is 1.90. The molecule has 0 amide bonds. The fraction of sp³-hybridized carbons (Fsp3) is 0.357. The smallest absolute Gasteiger partial charge is 0.331 e. The van der Waals surface area contributed by atoms with Gasteiger partial charge < -0.3 is 15.7 Å². The van der Waals surface area contributed by atoms with Crippen molar-refractivity contribution < 1.29 is 13.9 Å². The van der Waals surface area contributed by atoms with E-state index in [2.05, 4.69) is 15.0 Å². The van der Waals surface area contributed by atoms with Crippen LogP contribution in [0.5, 0.6) is 0 Å². The number of thiazole rings is 1. The summed E-state index contributed by atoms with van der Waals surface area (Å²) in [5.41, 5.74) is 7.88. The zero-order valence-corrected chi connectivity index (χ0v) is 12.9. The predicted octanol–water partition coefficient (Wildman–Crippen LogP) is 1.36. The number of allylic oxidation sites excluding steroid dienone is 1. The first-order chi connectivity index (χ1) is 11.1. The van der Waals surface area contributed by atoms with Gasteiger partial charge in [-0.25, -0.2) is 9.98 Å². The molecule has 9 heteroatoms. The van der Waals surface area contributed by atoms with Crippen molar-refractivity contribution in [3.63, 3.8) is 0 Å². The van der Waals surface area contributed by atoms with E-state index < -0.39 is 12.7 Å². The Bertz CT molecular complexity index is 696. The van der Waals surface area contributed by atoms with Crippen LogP contribution in [-0.4, -0.2) is 52.8 Å². The van der Waals surface area contributed by atoms with Crippen LogP contribution in [0.4, 0.5) is 8.78 Å². The van der Waals surface area contributed by atoms with Crippen LogP contribution < -0.4 is 5.73 Å². The van der Waals surface area contributed by atoms with Gasteiger partial charge >= 0.3 is 6.55 Å². The van der Waals surface area contributed by atoms with Gasteiger partial charge in [0.1, 0.15) is 0 Å². The summed E-state index contributed by atoms with van der Waals surface area (Å²) in [7, 11) is 0. The highest BCUT2D eigenvalue weighted by Crippen LogP contribution is 2.32. The Labute approximate surface area is 135 Å². The molecule has 0 radical (unpaired) electrons. The Kier molecular flexibility index (Phi) is 4.49. The molecule has 1 aromatic rings. The van der Waals surface area contributed by atoms with Crippen LogP contribution in [0, 0.1) is 0 Å². The third-order valence-corrected chi connectivity index (χ3v) is 4.33. The van der Waals surface area contributed by atoms with E-state index in [1.54, 1.807) is 6.20 Å². The van der Waals surface area contributed by atoms with Gasteiger partial charge in [0.15, 0.2) is 10.8 Å². The molecule has 3 heterocycles. The Hall–Kier alpha value is -2.13. The van der Waals surface area contributed by atoms with Gasteiger partial charge in [0.25, 0.3) is 0 Å². The second-order valence-electron chi connectivity index (χ2n) is 5.07. The van der Waals surface area contributed by atoms with Crippen LogP contribution in [0.15, 0.2) is 44.6 Å². The normalized spacial score (nSPS) is 22.3. The lowest BCUT2D eigenvalue weighted by atomic mass is 10.1. The standard InChI is InChI=1S/C14H15F2N5OS/c15-14(16)19-2-1-10(17)9-6-20-12(13-18-3-4-23-13)21-7-8(22)5-11(9)21/h1-4,8,14,22H,5-7,17H2. The number of rotatable bonds is 4. The van der Waals surface area contributed by atoms with Gasteiger partial charge in [-0.1, -0.05) is 0 Å². The SMILES string of the molecule is NC(=CC=NC(F)F)C1=C2CC(O)CN2C(c2nccs2)=NC1. The summed E-state index contributed by atoms with van der Waals surface area (Å²) in [6.45, 7) is -2.03. The fourth-order valence-electron chi connectivity index (χ4n) is 2.61. The first kappa shape index (κ1) is 15.8. The van der Waals surface area contributed by atoms with Gasteiger partial charge in [-0.05, 0) is 6.08 Å². The Morgan fingerprint density at radius 3 is 3.09 bits per heavy atom. The lowest BCUT2D eigenvalue weighted by Crippen LogP contribution is -2.34. The maximum Gasteiger partial charge on any atom is 0.331 e. The molecule has 6 nitrogen and oxygen atoms in total. The zero-order chi connectivity index (χ0) is 16.4. The summed E-state index contributed by atoms with van der Waals surface area (Å²) in [5, 5.41) is 12.6. The lowest BCUT2D eigenvalue weighted by Gasteiger charge is -2.27. The third-order valence-electron chi connectivity index (χ3n) is 3.56. The van der Waals surface area contributed by atoms with E-state index in [1.807, 2.05) is 10.3 Å². The molecule has 1 aromatic heterocycles. The largest absolute Gasteiger partial charge is 0.398 e. The van der Waals surface area contributed by atoms with Crippen LogP contribution in [0.25, 0.3) is 0 Å². The van der Waals surface area contributed by atoms with E-state index in [0.29, 0.717) is 31.0 Å². The summed E-state index contributed by atoms with van der Waals surface area (Å²) in [5.74, 6) is 0.712. The average molecular weight is 339 g/mol. The van der Waals surface area contributed by atoms with Gasteiger partial charge in [0.05, 0.1) is 19.2 Å². The molecule has 1 unspecified atom stereocenters. The second kappa shape index (κ2) is 6.55. The van der Waals surface area contributed by atoms with Gasteiger partial charge in [-0.2, -0.15) is 8.78 Å². The van der Waals surface area contributed by atoms with Crippen molar-refractivity contribution in [1.29, 1.82) is 0 Å². The minimum Gasteiger partial charge on any atom is -0.398 e. The topological polar surface area (TPSA) is 87.1 Å². The summed E-state index contributed by atoms with van der Waals surface area (Å²) < 4.78 is 24.1. The van der Waals surface area contributed by atoms with Crippen molar-refractivity contribution in [2.24, 2.45) is 15.7 Å². The summed E-state index contributed by atoms with van der Waals surface area (Å²) in [6.07, 6.45) is 3.94. The van der Waals surface area contributed by atoms with E-state index in [4.69, 9.17) is 5.73 Å². The fourth-order valence-corrected chi connectivity index (χ4v) is 3.27. The van der Waals surface area contributed by atoms with Crippen molar-refractivity contribution in [2.45, 2.75) is 19.1 Å². The molecule has 3 N–H and O–H groups in total. The number of nitrogens with two attached hydrogens (primary N) is 1. The minimum atomic E-state index is -2.76. The summed E-state index contributed by atoms with van der Waals surface area (Å²) >= 11 is 1.47. The highest BCUT2D eigenvalue weighted by atomic mass is 32.1. The number of aliphatic hydroxyl groups is 1. The van der Waals surface area contributed by atoms with Crippen molar-refractivity contribution in [1.82, 2.24) is 9.88 Å². The molecule has 2 aliphatic rings. The van der Waals surface area contributed by atoms with Crippen LogP contribution in [0.2, 0.25) is 0 Å². The number of alkyl halides is 2. The van der Waals surface area contributed by atoms with E-state index in [9.17, 15) is 13.9 Å². The first-order valence-electron chi connectivity index (χ1n) is 6.95. The number of nitrogens with zero attached hydrogens (tertiary/aromatic N) is 4. The molecule has 2 aliphatic heterocycles. The molecule has 1 saturated heterocycles. The van der Waals surface area contributed by atoms with Crippen LogP contribution >= 0.6 is 11.3 Å². The number of aliphatic hydroxyl groups excluding tert-OH is 1. The highest BCUT2D eigenvalue weighted by molar-refractivity contribution is 7.11. The summed E-state index contributed by atoms with van der Waals surface area (Å²) in [6, 6.07) is 0. The number of hydrogen-bond donors (Lipinski definition) is 2. The number of halogens is 2. The average Bonchev–Trinajstić information content (AvgIpc) is 3.13. The van der Waals surface area contributed by atoms with E-state index in [0.717, 1.165) is 22.5 Å². The van der Waals surface area contributed by atoms with Crippen molar-refractivity contribution >= 4 is 23.4 Å². The molecule has 0 saturated carbocycles. The second-order valence-corrected chi connectivity index (χ2v) is 5.96. The molecule has 0 spiro atoms. The predicted molar refractivity (Wildman–Crippen MR) is 84.6 cm³/mol. The molecule has 0 aromatic carbocycles. The molecule has 0 aliphatic carbocycles. The van der Waals surface area contributed by atoms with Crippen molar-refractivity contribution in [3.05, 3.63) is 39.6 Å². The lowest BCUT2D eigenvalue weighted by molar-refractivity contribution is 0.161. The zero-order valence-electron chi connectivity index (χ0n) is 12.1. The quantitative estimate of drug-likeness (QED) is 0.640. The van der Waals surface area contributed by atoms with Crippen LogP contribution in [0.3, 0.4) is 0 Å². The monoisotopic (exact) mass is 339 g/mol. The number of amidine groups is 1. The van der Waals surface area contributed by atoms with Gasteiger partial charge in [0, 0.05) is 41.2 Å². The van der Waals surface area contributed by atoms with E-state index in [-0.39, 0.29) is 0 Å². The third kappa shape index (κ3) is 3.30. The van der Waals surface area contributed by atoms with Gasteiger partial charge in [-0.3, -0.25) is 4.99 Å². The van der Waals surface area contributed by atoms with Crippen LogP contribution in [-0.2, 0) is 0 Å². The number of aromatic nitrogens is 1. The highest BCUT2D eigenvalue weighted by Gasteiger charge is 2.34. The molecular formula is C14H15F2N5OS. The molecule has 0 bridgehead atoms. The maximum absolute atomic E-state index is 12.1. The van der Waals surface area contributed by atoms with E-state index in [1.165, 1.54) is 17.4 Å². The molecular weight excluding hydrogens is 324 g/mol. The summed E-state index contributed by atoms with van der Waals surface area (Å²) in [4.78, 5) is 13.6. The Morgan fingerprint density at radius 1 is 1.57 bits per heavy atom. The van der Waals surface area contributed by atoms with Gasteiger partial charge in [-0.15, -0.1) is 11.3 Å². The van der Waals surface area contributed by atoms with Crippen molar-refractivity contribution in [2.75, 3.05) is 13.1 Å². The molecule has 1 fully saturated rings.